The van der Waals surface area contributed by atoms with Gasteiger partial charge in [0.25, 0.3) is 0 Å². The Kier molecular flexibility index (Phi) is 5.79. The van der Waals surface area contributed by atoms with Crippen molar-refractivity contribution in [2.75, 3.05) is 0 Å². The van der Waals surface area contributed by atoms with Crippen LogP contribution in [0.15, 0.2) is 48.5 Å². The SMILES string of the molecule is C[C@@H](OC(=O)c1ccc(C#N)cc1)C(=O)c1ccc(OC(F)F)cc1. The number of ether oxygens (including phenoxy) is 2. The lowest BCUT2D eigenvalue weighted by molar-refractivity contribution is -0.0498. The molecule has 0 saturated carbocycles. The standard InChI is InChI=1S/C18H13F2NO4/c1-11(24-17(23)14-4-2-12(10-21)3-5-14)16(22)13-6-8-15(9-7-13)25-18(19)20/h2-9,11,18H,1H3/t11-/m1/s1. The highest BCUT2D eigenvalue weighted by Crippen LogP contribution is 2.17. The summed E-state index contributed by atoms with van der Waals surface area (Å²) in [5.74, 6) is -1.26. The molecule has 0 N–H and O–H groups in total. The van der Waals surface area contributed by atoms with Crippen LogP contribution in [0.1, 0.15) is 33.2 Å². The molecule has 128 valence electrons. The van der Waals surface area contributed by atoms with Crippen molar-refractivity contribution < 1.29 is 27.8 Å². The van der Waals surface area contributed by atoms with E-state index >= 15 is 0 Å². The van der Waals surface area contributed by atoms with Crippen LogP contribution in [0.2, 0.25) is 0 Å². The molecule has 0 amide bonds. The summed E-state index contributed by atoms with van der Waals surface area (Å²) in [7, 11) is 0. The molecule has 0 aliphatic rings. The van der Waals surface area contributed by atoms with Gasteiger partial charge in [-0.2, -0.15) is 14.0 Å². The van der Waals surface area contributed by atoms with Crippen molar-refractivity contribution in [3.63, 3.8) is 0 Å². The first-order valence-electron chi connectivity index (χ1n) is 7.21. The van der Waals surface area contributed by atoms with Gasteiger partial charge in [-0.15, -0.1) is 0 Å². The van der Waals surface area contributed by atoms with Crippen LogP contribution in [0, 0.1) is 11.3 Å². The number of ketones is 1. The third kappa shape index (κ3) is 4.85. The number of hydrogen-bond acceptors (Lipinski definition) is 5. The van der Waals surface area contributed by atoms with Crippen LogP contribution >= 0.6 is 0 Å². The Labute approximate surface area is 142 Å². The Morgan fingerprint density at radius 1 is 1.00 bits per heavy atom. The second kappa shape index (κ2) is 8.02. The van der Waals surface area contributed by atoms with Gasteiger partial charge in [-0.05, 0) is 55.5 Å². The summed E-state index contributed by atoms with van der Waals surface area (Å²) in [6.07, 6.45) is -1.06. The first-order valence-corrected chi connectivity index (χ1v) is 7.21. The zero-order chi connectivity index (χ0) is 18.4. The molecule has 0 bridgehead atoms. The van der Waals surface area contributed by atoms with E-state index in [9.17, 15) is 18.4 Å². The third-order valence-electron chi connectivity index (χ3n) is 3.27. The minimum atomic E-state index is -2.95. The van der Waals surface area contributed by atoms with E-state index in [1.54, 1.807) is 0 Å². The second-order valence-electron chi connectivity index (χ2n) is 5.00. The highest BCUT2D eigenvalue weighted by atomic mass is 19.3. The number of alkyl halides is 2. The number of Topliss-reactive ketones (excluding diaryl/α,β-unsaturated/α-hetero) is 1. The second-order valence-corrected chi connectivity index (χ2v) is 5.00. The molecular weight excluding hydrogens is 332 g/mol. The molecule has 0 unspecified atom stereocenters. The predicted octanol–water partition coefficient (Wildman–Crippen LogP) is 3.59. The highest BCUT2D eigenvalue weighted by Gasteiger charge is 2.20. The summed E-state index contributed by atoms with van der Waals surface area (Å²) in [6, 6.07) is 12.8. The molecule has 0 saturated heterocycles. The van der Waals surface area contributed by atoms with Crippen molar-refractivity contribution in [1.29, 1.82) is 5.26 Å². The molecule has 2 aromatic rings. The maximum absolute atomic E-state index is 12.2. The number of carbonyl (C=O) groups is 2. The fourth-order valence-corrected chi connectivity index (χ4v) is 2.00. The predicted molar refractivity (Wildman–Crippen MR) is 83.4 cm³/mol. The topological polar surface area (TPSA) is 76.4 Å². The van der Waals surface area contributed by atoms with Crippen LogP contribution in [0.3, 0.4) is 0 Å². The smallest absolute Gasteiger partial charge is 0.387 e. The molecule has 1 atom stereocenters. The maximum Gasteiger partial charge on any atom is 0.387 e. The quantitative estimate of drug-likeness (QED) is 0.591. The minimum Gasteiger partial charge on any atom is -0.451 e. The Bertz CT molecular complexity index is 795. The first-order chi connectivity index (χ1) is 11.9. The van der Waals surface area contributed by atoms with Crippen LogP contribution in [0.25, 0.3) is 0 Å². The lowest BCUT2D eigenvalue weighted by Crippen LogP contribution is -2.24. The summed E-state index contributed by atoms with van der Waals surface area (Å²) in [5, 5.41) is 8.72. The number of hydrogen-bond donors (Lipinski definition) is 0. The van der Waals surface area contributed by atoms with Gasteiger partial charge in [-0.1, -0.05) is 0 Å². The molecule has 25 heavy (non-hydrogen) atoms. The molecule has 0 fully saturated rings. The molecule has 0 radical (unpaired) electrons. The molecule has 5 nitrogen and oxygen atoms in total. The average Bonchev–Trinajstić information content (AvgIpc) is 2.61. The van der Waals surface area contributed by atoms with Gasteiger partial charge in [-0.25, -0.2) is 4.79 Å². The van der Waals surface area contributed by atoms with Crippen molar-refractivity contribution in [2.45, 2.75) is 19.6 Å². The number of rotatable bonds is 6. The largest absolute Gasteiger partial charge is 0.451 e. The fraction of sp³-hybridized carbons (Fsp3) is 0.167. The summed E-state index contributed by atoms with van der Waals surface area (Å²) in [4.78, 5) is 24.2. The number of esters is 1. The van der Waals surface area contributed by atoms with Gasteiger partial charge >= 0.3 is 12.6 Å². The van der Waals surface area contributed by atoms with Crippen LogP contribution < -0.4 is 4.74 Å². The van der Waals surface area contributed by atoms with Crippen LogP contribution in [0.5, 0.6) is 5.75 Å². The van der Waals surface area contributed by atoms with Crippen molar-refractivity contribution in [2.24, 2.45) is 0 Å². The van der Waals surface area contributed by atoms with E-state index in [-0.39, 0.29) is 16.9 Å². The van der Waals surface area contributed by atoms with Gasteiger partial charge in [0.1, 0.15) is 5.75 Å². The molecule has 2 rings (SSSR count). The molecule has 0 aliphatic carbocycles. The van der Waals surface area contributed by atoms with Crippen LogP contribution in [0.4, 0.5) is 8.78 Å². The van der Waals surface area contributed by atoms with Gasteiger partial charge in [0.2, 0.25) is 5.78 Å². The number of halogens is 2. The lowest BCUT2D eigenvalue weighted by Gasteiger charge is -2.13. The van der Waals surface area contributed by atoms with Gasteiger partial charge in [0.05, 0.1) is 17.2 Å². The van der Waals surface area contributed by atoms with Gasteiger partial charge < -0.3 is 9.47 Å². The maximum atomic E-state index is 12.2. The third-order valence-corrected chi connectivity index (χ3v) is 3.27. The van der Waals surface area contributed by atoms with E-state index in [4.69, 9.17) is 10.00 Å². The number of nitrogens with zero attached hydrogens (tertiary/aromatic N) is 1. The van der Waals surface area contributed by atoms with E-state index in [1.807, 2.05) is 6.07 Å². The van der Waals surface area contributed by atoms with E-state index in [2.05, 4.69) is 4.74 Å². The molecule has 0 aliphatic heterocycles. The summed E-state index contributed by atoms with van der Waals surface area (Å²) >= 11 is 0. The Morgan fingerprint density at radius 3 is 2.08 bits per heavy atom. The van der Waals surface area contributed by atoms with E-state index in [0.29, 0.717) is 5.56 Å². The molecular formula is C18H13F2NO4. The van der Waals surface area contributed by atoms with E-state index in [1.165, 1.54) is 55.5 Å². The Balaban J connectivity index is 2.01. The van der Waals surface area contributed by atoms with Crippen molar-refractivity contribution >= 4 is 11.8 Å². The average molecular weight is 345 g/mol. The summed E-state index contributed by atoms with van der Waals surface area (Å²) in [5.41, 5.74) is 0.799. The zero-order valence-electron chi connectivity index (χ0n) is 13.1. The van der Waals surface area contributed by atoms with E-state index < -0.39 is 24.5 Å². The molecule has 0 heterocycles. The Morgan fingerprint density at radius 2 is 1.56 bits per heavy atom. The van der Waals surface area contributed by atoms with Crippen LogP contribution in [-0.4, -0.2) is 24.5 Å². The van der Waals surface area contributed by atoms with Crippen molar-refractivity contribution in [3.05, 3.63) is 65.2 Å². The van der Waals surface area contributed by atoms with Gasteiger partial charge in [0.15, 0.2) is 6.10 Å². The molecule has 2 aromatic carbocycles. The van der Waals surface area contributed by atoms with Gasteiger partial charge in [-0.3, -0.25) is 4.79 Å². The molecule has 7 heteroatoms. The van der Waals surface area contributed by atoms with Crippen molar-refractivity contribution in [3.8, 4) is 11.8 Å². The minimum absolute atomic E-state index is 0.0752. The van der Waals surface area contributed by atoms with Gasteiger partial charge in [0, 0.05) is 5.56 Å². The van der Waals surface area contributed by atoms with Crippen LogP contribution in [-0.2, 0) is 4.74 Å². The Hall–Kier alpha value is -3.27. The summed E-state index contributed by atoms with van der Waals surface area (Å²) in [6.45, 7) is -1.54. The number of benzene rings is 2. The number of carbonyl (C=O) groups excluding carboxylic acids is 2. The lowest BCUT2D eigenvalue weighted by atomic mass is 10.1. The normalized spacial score (nSPS) is 11.5. The monoisotopic (exact) mass is 345 g/mol. The van der Waals surface area contributed by atoms with E-state index in [0.717, 1.165) is 0 Å². The first kappa shape index (κ1) is 18.1. The number of nitriles is 1. The zero-order valence-corrected chi connectivity index (χ0v) is 13.1. The fourth-order valence-electron chi connectivity index (χ4n) is 2.00. The highest BCUT2D eigenvalue weighted by molar-refractivity contribution is 6.01. The molecule has 0 spiro atoms. The van der Waals surface area contributed by atoms with Crippen molar-refractivity contribution in [1.82, 2.24) is 0 Å². The summed E-state index contributed by atoms with van der Waals surface area (Å²) < 4.78 is 33.5. The molecule has 0 aromatic heterocycles.